The average Bonchev–Trinajstić information content (AvgIpc) is 2.51. The first-order chi connectivity index (χ1) is 11.8. The Balaban J connectivity index is 1.72. The van der Waals surface area contributed by atoms with E-state index >= 15 is 0 Å². The zero-order chi connectivity index (χ0) is 18.1. The van der Waals surface area contributed by atoms with Crippen LogP contribution >= 0.6 is 11.6 Å². The highest BCUT2D eigenvalue weighted by atomic mass is 35.5. The number of nitrogens with zero attached hydrogens (tertiary/aromatic N) is 2. The van der Waals surface area contributed by atoms with Crippen molar-refractivity contribution in [1.29, 1.82) is 0 Å². The Labute approximate surface area is 154 Å². The number of piperidine rings is 1. The van der Waals surface area contributed by atoms with Crippen molar-refractivity contribution in [2.24, 2.45) is 5.41 Å². The predicted molar refractivity (Wildman–Crippen MR) is 99.8 cm³/mol. The highest BCUT2D eigenvalue weighted by Crippen LogP contribution is 2.33. The molecule has 2 aliphatic rings. The van der Waals surface area contributed by atoms with E-state index in [1.807, 2.05) is 48.2 Å². The standard InChI is InChI=1S/C19H28ClN3O2/c1-22(2)13-19(25)8-3-9-23(14-19)17(24)18(11-21-12-18)10-15-4-6-16(20)7-5-15/h4-7,21,25H,3,8-14H2,1-2H3. The van der Waals surface area contributed by atoms with Gasteiger partial charge in [0.05, 0.1) is 17.6 Å². The van der Waals surface area contributed by atoms with Crippen LogP contribution in [0.15, 0.2) is 24.3 Å². The Hall–Kier alpha value is -1.14. The molecular formula is C19H28ClN3O2. The van der Waals surface area contributed by atoms with Gasteiger partial charge in [-0.3, -0.25) is 4.79 Å². The first kappa shape index (κ1) is 18.6. The van der Waals surface area contributed by atoms with E-state index < -0.39 is 11.0 Å². The van der Waals surface area contributed by atoms with Crippen LogP contribution in [0.4, 0.5) is 0 Å². The van der Waals surface area contributed by atoms with E-state index in [2.05, 4.69) is 5.32 Å². The van der Waals surface area contributed by atoms with Crippen LogP contribution in [0.1, 0.15) is 18.4 Å². The zero-order valence-corrected chi connectivity index (χ0v) is 15.9. The molecule has 0 spiro atoms. The molecule has 2 aliphatic heterocycles. The minimum absolute atomic E-state index is 0.165. The molecule has 3 rings (SSSR count). The largest absolute Gasteiger partial charge is 0.387 e. The molecule has 2 saturated heterocycles. The van der Waals surface area contributed by atoms with E-state index in [4.69, 9.17) is 11.6 Å². The van der Waals surface area contributed by atoms with E-state index in [9.17, 15) is 9.90 Å². The Kier molecular flexibility index (Phi) is 5.40. The lowest BCUT2D eigenvalue weighted by molar-refractivity contribution is -0.153. The van der Waals surface area contributed by atoms with Crippen molar-refractivity contribution in [2.45, 2.75) is 24.9 Å². The molecule has 0 aliphatic carbocycles. The van der Waals surface area contributed by atoms with Crippen molar-refractivity contribution in [1.82, 2.24) is 15.1 Å². The lowest BCUT2D eigenvalue weighted by Crippen LogP contribution is -2.66. The summed E-state index contributed by atoms with van der Waals surface area (Å²) in [4.78, 5) is 17.1. The molecule has 5 nitrogen and oxygen atoms in total. The molecule has 1 aromatic carbocycles. The Bertz CT molecular complexity index is 616. The molecule has 2 fully saturated rings. The van der Waals surface area contributed by atoms with E-state index in [0.29, 0.717) is 37.6 Å². The molecule has 0 aromatic heterocycles. The summed E-state index contributed by atoms with van der Waals surface area (Å²) in [6.45, 7) is 3.12. The van der Waals surface area contributed by atoms with Gasteiger partial charge in [0.15, 0.2) is 0 Å². The second kappa shape index (κ2) is 7.23. The molecular weight excluding hydrogens is 338 g/mol. The van der Waals surface area contributed by atoms with Crippen LogP contribution in [0.3, 0.4) is 0 Å². The van der Waals surface area contributed by atoms with Gasteiger partial charge in [0, 0.05) is 31.2 Å². The fourth-order valence-corrected chi connectivity index (χ4v) is 4.24. The Morgan fingerprint density at radius 2 is 2.00 bits per heavy atom. The third-order valence-corrected chi connectivity index (χ3v) is 5.54. The van der Waals surface area contributed by atoms with Crippen LogP contribution in [0.5, 0.6) is 0 Å². The highest BCUT2D eigenvalue weighted by Gasteiger charge is 2.48. The van der Waals surface area contributed by atoms with Crippen LogP contribution in [-0.4, -0.2) is 73.2 Å². The predicted octanol–water partition coefficient (Wildman–Crippen LogP) is 1.39. The summed E-state index contributed by atoms with van der Waals surface area (Å²) < 4.78 is 0. The van der Waals surface area contributed by atoms with Crippen molar-refractivity contribution in [3.63, 3.8) is 0 Å². The zero-order valence-electron chi connectivity index (χ0n) is 15.1. The van der Waals surface area contributed by atoms with Gasteiger partial charge >= 0.3 is 0 Å². The van der Waals surface area contributed by atoms with Crippen molar-refractivity contribution >= 4 is 17.5 Å². The van der Waals surface area contributed by atoms with Crippen LogP contribution in [0.25, 0.3) is 0 Å². The van der Waals surface area contributed by atoms with Gasteiger partial charge in [0.2, 0.25) is 5.91 Å². The van der Waals surface area contributed by atoms with Crippen LogP contribution in [0.2, 0.25) is 5.02 Å². The van der Waals surface area contributed by atoms with Crippen molar-refractivity contribution < 1.29 is 9.90 Å². The van der Waals surface area contributed by atoms with Crippen LogP contribution in [0, 0.1) is 5.41 Å². The number of hydrogen-bond donors (Lipinski definition) is 2. The van der Waals surface area contributed by atoms with E-state index in [-0.39, 0.29) is 5.91 Å². The number of hydrogen-bond acceptors (Lipinski definition) is 4. The number of β-amino-alcohol motifs (C(OH)–C–C–N with tert-alkyl or cyclic N) is 1. The highest BCUT2D eigenvalue weighted by molar-refractivity contribution is 6.30. The van der Waals surface area contributed by atoms with Gasteiger partial charge in [-0.05, 0) is 51.1 Å². The second-order valence-electron chi connectivity index (χ2n) is 7.98. The third kappa shape index (κ3) is 4.17. The number of amides is 1. The maximum absolute atomic E-state index is 13.3. The van der Waals surface area contributed by atoms with Gasteiger partial charge in [0.1, 0.15) is 0 Å². The molecule has 2 heterocycles. The number of nitrogens with one attached hydrogen (secondary N) is 1. The number of likely N-dealkylation sites (tertiary alicyclic amines) is 1. The molecule has 2 N–H and O–H groups in total. The smallest absolute Gasteiger partial charge is 0.231 e. The number of benzene rings is 1. The number of aliphatic hydroxyl groups is 1. The SMILES string of the molecule is CN(C)CC1(O)CCCN(C(=O)C2(Cc3ccc(Cl)cc3)CNC2)C1. The van der Waals surface area contributed by atoms with Crippen molar-refractivity contribution in [3.05, 3.63) is 34.9 Å². The van der Waals surface area contributed by atoms with Gasteiger partial charge in [-0.2, -0.15) is 0 Å². The molecule has 0 radical (unpaired) electrons. The normalized spacial score (nSPS) is 25.7. The summed E-state index contributed by atoms with van der Waals surface area (Å²) in [7, 11) is 3.91. The minimum atomic E-state index is -0.809. The lowest BCUT2D eigenvalue weighted by atomic mass is 9.74. The van der Waals surface area contributed by atoms with Gasteiger partial charge in [-0.1, -0.05) is 23.7 Å². The topological polar surface area (TPSA) is 55.8 Å². The monoisotopic (exact) mass is 365 g/mol. The molecule has 0 saturated carbocycles. The number of carbonyl (C=O) groups excluding carboxylic acids is 1. The molecule has 0 bridgehead atoms. The fraction of sp³-hybridized carbons (Fsp3) is 0.632. The van der Waals surface area contributed by atoms with Gasteiger partial charge in [-0.15, -0.1) is 0 Å². The molecule has 1 amide bonds. The quantitative estimate of drug-likeness (QED) is 0.828. The summed E-state index contributed by atoms with van der Waals surface area (Å²) in [5.41, 5.74) is -0.0833. The number of rotatable bonds is 5. The number of carbonyl (C=O) groups is 1. The molecule has 1 atom stereocenters. The summed E-state index contributed by atoms with van der Waals surface area (Å²) in [5.74, 6) is 0.165. The Morgan fingerprint density at radius 1 is 1.32 bits per heavy atom. The van der Waals surface area contributed by atoms with Crippen molar-refractivity contribution in [2.75, 3.05) is 46.8 Å². The maximum atomic E-state index is 13.3. The third-order valence-electron chi connectivity index (χ3n) is 5.29. The summed E-state index contributed by atoms with van der Waals surface area (Å²) in [6, 6.07) is 7.73. The Morgan fingerprint density at radius 3 is 2.56 bits per heavy atom. The molecule has 1 aromatic rings. The minimum Gasteiger partial charge on any atom is -0.387 e. The number of likely N-dealkylation sites (N-methyl/N-ethyl adjacent to an activating group) is 1. The maximum Gasteiger partial charge on any atom is 0.231 e. The van der Waals surface area contributed by atoms with Crippen LogP contribution in [-0.2, 0) is 11.2 Å². The first-order valence-corrected chi connectivity index (χ1v) is 9.31. The molecule has 1 unspecified atom stereocenters. The molecule has 138 valence electrons. The van der Waals surface area contributed by atoms with Gasteiger partial charge < -0.3 is 20.2 Å². The first-order valence-electron chi connectivity index (χ1n) is 8.94. The second-order valence-corrected chi connectivity index (χ2v) is 8.42. The van der Waals surface area contributed by atoms with Crippen molar-refractivity contribution in [3.8, 4) is 0 Å². The lowest BCUT2D eigenvalue weighted by Gasteiger charge is -2.48. The average molecular weight is 366 g/mol. The number of halogens is 1. The summed E-state index contributed by atoms with van der Waals surface area (Å²) in [6.07, 6.45) is 2.30. The van der Waals surface area contributed by atoms with E-state index in [1.165, 1.54) is 0 Å². The van der Waals surface area contributed by atoms with Gasteiger partial charge in [0.25, 0.3) is 0 Å². The van der Waals surface area contributed by atoms with E-state index in [1.54, 1.807) is 0 Å². The summed E-state index contributed by atoms with van der Waals surface area (Å²) >= 11 is 5.97. The molecule has 25 heavy (non-hydrogen) atoms. The fourth-order valence-electron chi connectivity index (χ4n) is 4.11. The summed E-state index contributed by atoms with van der Waals surface area (Å²) in [5, 5.41) is 14.8. The van der Waals surface area contributed by atoms with Gasteiger partial charge in [-0.25, -0.2) is 0 Å². The van der Waals surface area contributed by atoms with E-state index in [0.717, 1.165) is 24.9 Å². The van der Waals surface area contributed by atoms with Crippen LogP contribution < -0.4 is 5.32 Å². The molecule has 6 heteroatoms.